The van der Waals surface area contributed by atoms with Gasteiger partial charge in [0.05, 0.1) is 0 Å². The summed E-state index contributed by atoms with van der Waals surface area (Å²) in [6.45, 7) is 0. The van der Waals surface area contributed by atoms with Crippen molar-refractivity contribution in [1.29, 1.82) is 0 Å². The van der Waals surface area contributed by atoms with Crippen LogP contribution in [0.5, 0.6) is 0 Å². The van der Waals surface area contributed by atoms with E-state index in [0.717, 1.165) is 16.5 Å². The quantitative estimate of drug-likeness (QED) is 0.709. The molecule has 1 atom stereocenters. The van der Waals surface area contributed by atoms with E-state index >= 15 is 0 Å². The number of carbonyl (C=O) groups is 1. The molecule has 13 heavy (non-hydrogen) atoms. The zero-order chi connectivity index (χ0) is 9.26. The molecule has 1 aromatic rings. The first-order valence-electron chi connectivity index (χ1n) is 4.05. The Morgan fingerprint density at radius 3 is 3.00 bits per heavy atom. The van der Waals surface area contributed by atoms with E-state index in [0.29, 0.717) is 6.42 Å². The van der Waals surface area contributed by atoms with Gasteiger partial charge in [0.15, 0.2) is 0 Å². The first-order chi connectivity index (χ1) is 6.25. The third kappa shape index (κ3) is 1.88. The van der Waals surface area contributed by atoms with Crippen LogP contribution in [0.1, 0.15) is 24.5 Å². The minimum absolute atomic E-state index is 0.0995. The van der Waals surface area contributed by atoms with Crippen molar-refractivity contribution in [2.75, 3.05) is 0 Å². The molecule has 1 aliphatic rings. The van der Waals surface area contributed by atoms with Gasteiger partial charge in [-0.05, 0) is 28.4 Å². The number of carbonyl (C=O) groups excluding carboxylic acids is 1. The van der Waals surface area contributed by atoms with Gasteiger partial charge in [-0.2, -0.15) is 0 Å². The average Bonchev–Trinajstić information content (AvgIpc) is 2.52. The second kappa shape index (κ2) is 3.46. The number of hydrogen-bond acceptors (Lipinski definition) is 3. The summed E-state index contributed by atoms with van der Waals surface area (Å²) in [5.41, 5.74) is 0.959. The van der Waals surface area contributed by atoms with E-state index in [1.807, 2.05) is 6.07 Å². The molecule has 0 N–H and O–H groups in total. The van der Waals surface area contributed by atoms with Gasteiger partial charge in [0, 0.05) is 28.9 Å². The number of ether oxygens (including phenoxy) is 1. The number of nitrogens with zero attached hydrogens (tertiary/aromatic N) is 1. The molecule has 1 saturated heterocycles. The first kappa shape index (κ1) is 8.69. The molecular weight excluding hydrogens is 234 g/mol. The summed E-state index contributed by atoms with van der Waals surface area (Å²) in [7, 11) is 0. The zero-order valence-electron chi connectivity index (χ0n) is 6.87. The van der Waals surface area contributed by atoms with Crippen LogP contribution in [-0.4, -0.2) is 11.0 Å². The molecule has 3 nitrogen and oxygen atoms in total. The van der Waals surface area contributed by atoms with Crippen molar-refractivity contribution in [2.45, 2.75) is 18.9 Å². The van der Waals surface area contributed by atoms with Crippen LogP contribution < -0.4 is 0 Å². The van der Waals surface area contributed by atoms with Crippen LogP contribution in [0.3, 0.4) is 0 Å². The van der Waals surface area contributed by atoms with Crippen LogP contribution in [-0.2, 0) is 9.53 Å². The van der Waals surface area contributed by atoms with E-state index in [1.54, 1.807) is 12.4 Å². The van der Waals surface area contributed by atoms with E-state index in [2.05, 4.69) is 20.9 Å². The highest BCUT2D eigenvalue weighted by Crippen LogP contribution is 2.29. The minimum atomic E-state index is -0.120. The number of halogens is 1. The number of pyridine rings is 1. The predicted octanol–water partition coefficient (Wildman–Crippen LogP) is 2.22. The molecule has 4 heteroatoms. The fourth-order valence-electron chi connectivity index (χ4n) is 1.36. The lowest BCUT2D eigenvalue weighted by Gasteiger charge is -2.08. The van der Waals surface area contributed by atoms with Crippen molar-refractivity contribution in [3.05, 3.63) is 28.5 Å². The normalized spacial score (nSPS) is 21.6. The maximum atomic E-state index is 10.9. The van der Waals surface area contributed by atoms with Gasteiger partial charge in [-0.25, -0.2) is 0 Å². The van der Waals surface area contributed by atoms with E-state index < -0.39 is 0 Å². The lowest BCUT2D eigenvalue weighted by atomic mass is 10.1. The number of rotatable bonds is 1. The average molecular weight is 242 g/mol. The highest BCUT2D eigenvalue weighted by molar-refractivity contribution is 9.10. The Morgan fingerprint density at radius 1 is 1.54 bits per heavy atom. The Hall–Kier alpha value is -0.900. The number of esters is 1. The molecule has 0 radical (unpaired) electrons. The summed E-state index contributed by atoms with van der Waals surface area (Å²) < 4.78 is 6.01. The van der Waals surface area contributed by atoms with Crippen molar-refractivity contribution in [3.8, 4) is 0 Å². The Kier molecular flexibility index (Phi) is 2.31. The Morgan fingerprint density at radius 2 is 2.38 bits per heavy atom. The van der Waals surface area contributed by atoms with Gasteiger partial charge in [0.1, 0.15) is 6.10 Å². The number of aromatic nitrogens is 1. The molecule has 2 rings (SSSR count). The summed E-state index contributed by atoms with van der Waals surface area (Å²) in [5, 5.41) is 0. The van der Waals surface area contributed by atoms with E-state index in [9.17, 15) is 4.79 Å². The first-order valence-corrected chi connectivity index (χ1v) is 4.85. The fraction of sp³-hybridized carbons (Fsp3) is 0.333. The molecule has 0 bridgehead atoms. The summed E-state index contributed by atoms with van der Waals surface area (Å²) in [4.78, 5) is 14.9. The Bertz CT molecular complexity index is 340. The van der Waals surface area contributed by atoms with Crippen LogP contribution in [0, 0.1) is 0 Å². The molecule has 2 heterocycles. The monoisotopic (exact) mass is 241 g/mol. The van der Waals surface area contributed by atoms with E-state index in [1.165, 1.54) is 0 Å². The molecule has 0 spiro atoms. The maximum absolute atomic E-state index is 10.9. The van der Waals surface area contributed by atoms with Gasteiger partial charge in [0.25, 0.3) is 0 Å². The summed E-state index contributed by atoms with van der Waals surface area (Å²) in [6.07, 6.45) is 4.61. The maximum Gasteiger partial charge on any atom is 0.306 e. The van der Waals surface area contributed by atoms with Crippen LogP contribution in [0.2, 0.25) is 0 Å². The van der Waals surface area contributed by atoms with Crippen LogP contribution in [0.15, 0.2) is 22.9 Å². The predicted molar refractivity (Wildman–Crippen MR) is 50.0 cm³/mol. The van der Waals surface area contributed by atoms with Crippen LogP contribution in [0.25, 0.3) is 0 Å². The third-order valence-electron chi connectivity index (χ3n) is 1.98. The molecule has 1 aliphatic heterocycles. The lowest BCUT2D eigenvalue weighted by Crippen LogP contribution is -1.98. The molecule has 1 unspecified atom stereocenters. The van der Waals surface area contributed by atoms with E-state index in [-0.39, 0.29) is 12.1 Å². The molecule has 1 aromatic heterocycles. The van der Waals surface area contributed by atoms with Gasteiger partial charge in [-0.3, -0.25) is 9.78 Å². The smallest absolute Gasteiger partial charge is 0.306 e. The van der Waals surface area contributed by atoms with E-state index in [4.69, 9.17) is 4.74 Å². The Balaban J connectivity index is 2.21. The number of hydrogen-bond donors (Lipinski definition) is 0. The molecule has 68 valence electrons. The van der Waals surface area contributed by atoms with Gasteiger partial charge in [0.2, 0.25) is 0 Å². The third-order valence-corrected chi connectivity index (χ3v) is 2.42. The highest BCUT2D eigenvalue weighted by Gasteiger charge is 2.24. The van der Waals surface area contributed by atoms with Gasteiger partial charge >= 0.3 is 5.97 Å². The standard InChI is InChI=1S/C9H8BrNO2/c10-7-3-6(4-11-5-7)8-1-2-9(12)13-8/h3-5,8H,1-2H2. The molecule has 0 amide bonds. The summed E-state index contributed by atoms with van der Waals surface area (Å²) >= 11 is 3.32. The van der Waals surface area contributed by atoms with Gasteiger partial charge in [-0.15, -0.1) is 0 Å². The molecule has 0 aliphatic carbocycles. The summed E-state index contributed by atoms with van der Waals surface area (Å²) in [6, 6.07) is 1.93. The lowest BCUT2D eigenvalue weighted by molar-refractivity contribution is -0.141. The second-order valence-corrected chi connectivity index (χ2v) is 3.87. The SMILES string of the molecule is O=C1CCC(c2cncc(Br)c2)O1. The molecular formula is C9H8BrNO2. The Labute approximate surface area is 84.2 Å². The van der Waals surface area contributed by atoms with Gasteiger partial charge < -0.3 is 4.74 Å². The number of cyclic esters (lactones) is 1. The van der Waals surface area contributed by atoms with Crippen molar-refractivity contribution in [1.82, 2.24) is 4.98 Å². The minimum Gasteiger partial charge on any atom is -0.457 e. The van der Waals surface area contributed by atoms with Crippen molar-refractivity contribution in [3.63, 3.8) is 0 Å². The largest absolute Gasteiger partial charge is 0.457 e. The molecule has 0 saturated carbocycles. The fourth-order valence-corrected chi connectivity index (χ4v) is 1.75. The van der Waals surface area contributed by atoms with Crippen LogP contribution >= 0.6 is 15.9 Å². The summed E-state index contributed by atoms with van der Waals surface area (Å²) in [5.74, 6) is -0.120. The van der Waals surface area contributed by atoms with Gasteiger partial charge in [-0.1, -0.05) is 0 Å². The highest BCUT2D eigenvalue weighted by atomic mass is 79.9. The molecule has 1 fully saturated rings. The van der Waals surface area contributed by atoms with Crippen molar-refractivity contribution < 1.29 is 9.53 Å². The molecule has 0 aromatic carbocycles. The topological polar surface area (TPSA) is 39.2 Å². The zero-order valence-corrected chi connectivity index (χ0v) is 8.45. The van der Waals surface area contributed by atoms with Crippen molar-refractivity contribution >= 4 is 21.9 Å². The van der Waals surface area contributed by atoms with Crippen molar-refractivity contribution in [2.24, 2.45) is 0 Å². The second-order valence-electron chi connectivity index (χ2n) is 2.95. The van der Waals surface area contributed by atoms with Crippen LogP contribution in [0.4, 0.5) is 0 Å².